The molecule has 2 amide bonds. The standard InChI is InChI=1S/C22H22F3N3O3S2/c1-10(29)26-18-15(19-27-12-7-5-6-8-13(12)32-19)14-11(21(2,3)4)9-28(20(30)31)17(16(14)33-18)22(23,24)25/h5-8,11,17H,9H2,1-4H3,(H,26,29)(H,30,31). The van der Waals surface area contributed by atoms with Gasteiger partial charge in [-0.05, 0) is 23.1 Å². The Morgan fingerprint density at radius 3 is 2.39 bits per heavy atom. The SMILES string of the molecule is CC(=O)Nc1sc2c(c1-c1nc3ccccc3s1)C(C(C)(C)C)CN(C(=O)O)C2C(F)(F)F. The molecule has 1 aliphatic rings. The van der Waals surface area contributed by atoms with Crippen molar-refractivity contribution in [2.45, 2.75) is 45.8 Å². The number of hydrogen-bond donors (Lipinski definition) is 2. The molecule has 2 unspecified atom stereocenters. The number of thiophene rings is 1. The maximum absolute atomic E-state index is 14.2. The topological polar surface area (TPSA) is 82.5 Å². The Morgan fingerprint density at radius 2 is 1.85 bits per heavy atom. The number of carbonyl (C=O) groups is 2. The van der Waals surface area contributed by atoms with Gasteiger partial charge in [0.1, 0.15) is 10.0 Å². The maximum atomic E-state index is 14.2. The van der Waals surface area contributed by atoms with Gasteiger partial charge < -0.3 is 10.4 Å². The fourth-order valence-electron chi connectivity index (χ4n) is 4.21. The minimum Gasteiger partial charge on any atom is -0.465 e. The molecule has 1 aromatic carbocycles. The van der Waals surface area contributed by atoms with Crippen LogP contribution < -0.4 is 5.32 Å². The highest BCUT2D eigenvalue weighted by atomic mass is 32.1. The summed E-state index contributed by atoms with van der Waals surface area (Å²) in [6, 6.07) is 5.05. The lowest BCUT2D eigenvalue weighted by Gasteiger charge is -2.43. The fourth-order valence-corrected chi connectivity index (χ4v) is 6.75. The Balaban J connectivity index is 2.07. The van der Waals surface area contributed by atoms with Crippen molar-refractivity contribution in [1.82, 2.24) is 9.88 Å². The zero-order chi connectivity index (χ0) is 24.3. The molecule has 11 heteroatoms. The molecule has 3 heterocycles. The second-order valence-corrected chi connectivity index (χ2v) is 11.1. The Bertz CT molecular complexity index is 1210. The molecule has 0 aliphatic carbocycles. The molecule has 4 rings (SSSR count). The lowest BCUT2D eigenvalue weighted by molar-refractivity contribution is -0.183. The van der Waals surface area contributed by atoms with Crippen molar-refractivity contribution in [3.63, 3.8) is 0 Å². The van der Waals surface area contributed by atoms with E-state index in [-0.39, 0.29) is 16.4 Å². The molecule has 33 heavy (non-hydrogen) atoms. The first-order chi connectivity index (χ1) is 15.3. The van der Waals surface area contributed by atoms with Crippen LogP contribution in [0.4, 0.5) is 23.0 Å². The number of nitrogens with one attached hydrogen (secondary N) is 1. The molecule has 0 fully saturated rings. The number of thiazole rings is 1. The van der Waals surface area contributed by atoms with Crippen LogP contribution in [-0.2, 0) is 4.79 Å². The van der Waals surface area contributed by atoms with Gasteiger partial charge in [-0.1, -0.05) is 32.9 Å². The van der Waals surface area contributed by atoms with Crippen LogP contribution in [-0.4, -0.2) is 39.7 Å². The van der Waals surface area contributed by atoms with Crippen molar-refractivity contribution in [1.29, 1.82) is 0 Å². The van der Waals surface area contributed by atoms with Crippen molar-refractivity contribution in [3.8, 4) is 10.6 Å². The third-order valence-corrected chi connectivity index (χ3v) is 7.89. The van der Waals surface area contributed by atoms with Crippen molar-refractivity contribution in [3.05, 3.63) is 34.7 Å². The van der Waals surface area contributed by atoms with Gasteiger partial charge >= 0.3 is 12.3 Å². The fraction of sp³-hybridized carbons (Fsp3) is 0.409. The first-order valence-electron chi connectivity index (χ1n) is 10.2. The summed E-state index contributed by atoms with van der Waals surface area (Å²) in [5, 5.41) is 13.1. The van der Waals surface area contributed by atoms with Gasteiger partial charge in [0.15, 0.2) is 6.04 Å². The summed E-state index contributed by atoms with van der Waals surface area (Å²) < 4.78 is 43.6. The minimum absolute atomic E-state index is 0.117. The highest BCUT2D eigenvalue weighted by molar-refractivity contribution is 7.23. The second-order valence-electron chi connectivity index (χ2n) is 9.05. The molecule has 1 aliphatic heterocycles. The minimum atomic E-state index is -4.82. The number of para-hydroxylation sites is 1. The van der Waals surface area contributed by atoms with Crippen LogP contribution >= 0.6 is 22.7 Å². The van der Waals surface area contributed by atoms with Crippen LogP contribution in [0, 0.1) is 5.41 Å². The first-order valence-corrected chi connectivity index (χ1v) is 11.8. The highest BCUT2D eigenvalue weighted by Crippen LogP contribution is 2.58. The smallest absolute Gasteiger partial charge is 0.413 e. The van der Waals surface area contributed by atoms with E-state index in [9.17, 15) is 27.9 Å². The van der Waals surface area contributed by atoms with E-state index >= 15 is 0 Å². The van der Waals surface area contributed by atoms with E-state index in [1.807, 2.05) is 45.0 Å². The van der Waals surface area contributed by atoms with Gasteiger partial charge in [0.2, 0.25) is 5.91 Å². The van der Waals surface area contributed by atoms with Gasteiger partial charge in [-0.25, -0.2) is 9.78 Å². The molecule has 0 spiro atoms. The largest absolute Gasteiger partial charge is 0.465 e. The maximum Gasteiger partial charge on any atom is 0.413 e. The number of rotatable bonds is 2. The van der Waals surface area contributed by atoms with Gasteiger partial charge in [0.05, 0.1) is 10.2 Å². The van der Waals surface area contributed by atoms with E-state index in [4.69, 9.17) is 0 Å². The predicted octanol–water partition coefficient (Wildman–Crippen LogP) is 6.71. The Labute approximate surface area is 196 Å². The highest BCUT2D eigenvalue weighted by Gasteiger charge is 2.55. The van der Waals surface area contributed by atoms with Gasteiger partial charge in [-0.3, -0.25) is 9.69 Å². The third-order valence-electron chi connectivity index (χ3n) is 5.66. The average molecular weight is 498 g/mol. The number of nitrogens with zero attached hydrogens (tertiary/aromatic N) is 2. The Morgan fingerprint density at radius 1 is 1.18 bits per heavy atom. The molecule has 2 N–H and O–H groups in total. The number of anilines is 1. The lowest BCUT2D eigenvalue weighted by Crippen LogP contribution is -2.48. The number of aromatic nitrogens is 1. The van der Waals surface area contributed by atoms with Crippen LogP contribution in [0.2, 0.25) is 0 Å². The number of amides is 2. The molecule has 6 nitrogen and oxygen atoms in total. The molecule has 2 aromatic heterocycles. The van der Waals surface area contributed by atoms with Crippen molar-refractivity contribution in [2.24, 2.45) is 5.41 Å². The monoisotopic (exact) mass is 497 g/mol. The molecule has 0 bridgehead atoms. The molecular formula is C22H22F3N3O3S2. The Hall–Kier alpha value is -2.66. The Kier molecular flexibility index (Phi) is 5.68. The lowest BCUT2D eigenvalue weighted by atomic mass is 9.72. The zero-order valence-electron chi connectivity index (χ0n) is 18.3. The van der Waals surface area contributed by atoms with E-state index in [1.165, 1.54) is 18.3 Å². The van der Waals surface area contributed by atoms with Crippen molar-refractivity contribution in [2.75, 3.05) is 11.9 Å². The van der Waals surface area contributed by atoms with E-state index < -0.39 is 35.6 Å². The van der Waals surface area contributed by atoms with Crippen molar-refractivity contribution < 1.29 is 27.9 Å². The molecule has 3 aromatic rings. The van der Waals surface area contributed by atoms with Gasteiger partial charge in [0.25, 0.3) is 0 Å². The number of halogens is 3. The zero-order valence-corrected chi connectivity index (χ0v) is 19.9. The molecule has 0 saturated carbocycles. The number of hydrogen-bond acceptors (Lipinski definition) is 5. The number of benzene rings is 1. The first kappa shape index (κ1) is 23.5. The number of carboxylic acid groups (broad SMARTS) is 1. The molecule has 176 valence electrons. The van der Waals surface area contributed by atoms with E-state index in [2.05, 4.69) is 10.3 Å². The molecular weight excluding hydrogens is 475 g/mol. The van der Waals surface area contributed by atoms with Crippen molar-refractivity contribution >= 4 is 49.9 Å². The average Bonchev–Trinajstić information content (AvgIpc) is 3.24. The quantitative estimate of drug-likeness (QED) is 0.412. The molecule has 0 radical (unpaired) electrons. The number of alkyl halides is 3. The third kappa shape index (κ3) is 4.19. The predicted molar refractivity (Wildman–Crippen MR) is 123 cm³/mol. The van der Waals surface area contributed by atoms with E-state index in [0.717, 1.165) is 16.0 Å². The molecule has 2 atom stereocenters. The van der Waals surface area contributed by atoms with Crippen LogP contribution in [0.15, 0.2) is 24.3 Å². The number of carbonyl (C=O) groups excluding carboxylic acids is 1. The van der Waals surface area contributed by atoms with Crippen LogP contribution in [0.25, 0.3) is 20.8 Å². The summed E-state index contributed by atoms with van der Waals surface area (Å²) >= 11 is 2.11. The van der Waals surface area contributed by atoms with Crippen LogP contribution in [0.1, 0.15) is 50.1 Å². The van der Waals surface area contributed by atoms with Crippen LogP contribution in [0.5, 0.6) is 0 Å². The number of fused-ring (bicyclic) bond motifs is 2. The van der Waals surface area contributed by atoms with E-state index in [0.29, 0.717) is 26.6 Å². The summed E-state index contributed by atoms with van der Waals surface area (Å²) in [6.45, 7) is 6.57. The van der Waals surface area contributed by atoms with Gasteiger partial charge in [-0.2, -0.15) is 13.2 Å². The van der Waals surface area contributed by atoms with Crippen LogP contribution in [0.3, 0.4) is 0 Å². The molecule has 0 saturated heterocycles. The second kappa shape index (κ2) is 7.98. The summed E-state index contributed by atoms with van der Waals surface area (Å²) in [6.07, 6.45) is -6.45. The summed E-state index contributed by atoms with van der Waals surface area (Å²) in [7, 11) is 0. The van der Waals surface area contributed by atoms with E-state index in [1.54, 1.807) is 0 Å². The summed E-state index contributed by atoms with van der Waals surface area (Å²) in [4.78, 5) is 28.9. The summed E-state index contributed by atoms with van der Waals surface area (Å²) in [5.74, 6) is -0.968. The normalized spacial score (nSPS) is 18.9. The summed E-state index contributed by atoms with van der Waals surface area (Å²) in [5.41, 5.74) is 1.01. The van der Waals surface area contributed by atoms with Gasteiger partial charge in [-0.15, -0.1) is 22.7 Å². The van der Waals surface area contributed by atoms with Gasteiger partial charge in [0, 0.05) is 29.8 Å².